The average molecular weight is 277 g/mol. The molecule has 1 unspecified atom stereocenters. The Morgan fingerprint density at radius 2 is 2.26 bits per heavy atom. The summed E-state index contributed by atoms with van der Waals surface area (Å²) in [6.07, 6.45) is 1.00. The van der Waals surface area contributed by atoms with Crippen molar-refractivity contribution in [2.75, 3.05) is 17.4 Å². The number of nitrogens with two attached hydrogens (primary N) is 1. The van der Waals surface area contributed by atoms with Crippen LogP contribution in [0, 0.1) is 6.92 Å². The van der Waals surface area contributed by atoms with Gasteiger partial charge in [0.1, 0.15) is 5.82 Å². The lowest BCUT2D eigenvalue weighted by Crippen LogP contribution is -2.31. The largest absolute Gasteiger partial charge is 0.356 e. The molecule has 0 aliphatic rings. The number of likely N-dealkylation sites (N-methyl/N-ethyl adjacent to an activating group) is 1. The van der Waals surface area contributed by atoms with Crippen molar-refractivity contribution in [1.82, 2.24) is 9.97 Å². The summed E-state index contributed by atoms with van der Waals surface area (Å²) >= 11 is 1.78. The number of aromatic nitrogens is 2. The van der Waals surface area contributed by atoms with E-state index in [9.17, 15) is 0 Å². The predicted molar refractivity (Wildman–Crippen MR) is 80.5 cm³/mol. The average Bonchev–Trinajstić information content (AvgIpc) is 2.89. The van der Waals surface area contributed by atoms with Gasteiger partial charge in [-0.05, 0) is 25.3 Å². The van der Waals surface area contributed by atoms with Crippen LogP contribution < -0.4 is 16.2 Å². The summed E-state index contributed by atoms with van der Waals surface area (Å²) in [4.78, 5) is 12.1. The Kier molecular flexibility index (Phi) is 4.34. The monoisotopic (exact) mass is 277 g/mol. The maximum Gasteiger partial charge on any atom is 0.239 e. The molecule has 2 aromatic heterocycles. The zero-order valence-corrected chi connectivity index (χ0v) is 12.2. The molecular weight excluding hydrogens is 258 g/mol. The number of nitrogens with one attached hydrogen (secondary N) is 1. The van der Waals surface area contributed by atoms with Gasteiger partial charge in [-0.25, -0.2) is 10.8 Å². The Morgan fingerprint density at radius 3 is 2.89 bits per heavy atom. The summed E-state index contributed by atoms with van der Waals surface area (Å²) in [7, 11) is 2.04. The van der Waals surface area contributed by atoms with Gasteiger partial charge < -0.3 is 4.90 Å². The van der Waals surface area contributed by atoms with Gasteiger partial charge in [-0.15, -0.1) is 11.3 Å². The van der Waals surface area contributed by atoms with Crippen LogP contribution in [-0.2, 0) is 6.42 Å². The molecule has 2 heterocycles. The van der Waals surface area contributed by atoms with Gasteiger partial charge in [-0.2, -0.15) is 4.98 Å². The van der Waals surface area contributed by atoms with Gasteiger partial charge in [0.05, 0.1) is 0 Å². The molecule has 0 fully saturated rings. The number of rotatable bonds is 5. The Balaban J connectivity index is 2.14. The van der Waals surface area contributed by atoms with E-state index in [-0.39, 0.29) is 0 Å². The van der Waals surface area contributed by atoms with Crippen LogP contribution in [0.3, 0.4) is 0 Å². The molecule has 2 rings (SSSR count). The molecular formula is C13H19N5S. The fourth-order valence-electron chi connectivity index (χ4n) is 1.88. The first-order valence-electron chi connectivity index (χ1n) is 6.17. The third-order valence-corrected chi connectivity index (χ3v) is 3.97. The van der Waals surface area contributed by atoms with Crippen molar-refractivity contribution >= 4 is 23.1 Å². The molecule has 0 radical (unpaired) electrons. The number of nitrogens with zero attached hydrogens (tertiary/aromatic N) is 3. The summed E-state index contributed by atoms with van der Waals surface area (Å²) in [6.45, 7) is 4.12. The highest BCUT2D eigenvalue weighted by atomic mass is 32.1. The van der Waals surface area contributed by atoms with E-state index in [0.717, 1.165) is 17.9 Å². The van der Waals surface area contributed by atoms with E-state index in [4.69, 9.17) is 5.84 Å². The van der Waals surface area contributed by atoms with Crippen LogP contribution in [0.4, 0.5) is 11.8 Å². The summed E-state index contributed by atoms with van der Waals surface area (Å²) < 4.78 is 0. The molecule has 0 saturated carbocycles. The first-order valence-corrected chi connectivity index (χ1v) is 7.05. The maximum atomic E-state index is 5.38. The highest BCUT2D eigenvalue weighted by molar-refractivity contribution is 7.09. The maximum absolute atomic E-state index is 5.38. The fraction of sp³-hybridized carbons (Fsp3) is 0.385. The number of nitrogen functional groups attached to an aromatic ring is 1. The molecule has 1 atom stereocenters. The van der Waals surface area contributed by atoms with Crippen molar-refractivity contribution in [1.29, 1.82) is 0 Å². The lowest BCUT2D eigenvalue weighted by Gasteiger charge is -2.26. The van der Waals surface area contributed by atoms with E-state index in [1.54, 1.807) is 11.3 Å². The van der Waals surface area contributed by atoms with Gasteiger partial charge in [0.2, 0.25) is 5.95 Å². The van der Waals surface area contributed by atoms with Gasteiger partial charge in [-0.3, -0.25) is 5.43 Å². The molecule has 0 amide bonds. The minimum absolute atomic E-state index is 0.360. The highest BCUT2D eigenvalue weighted by Gasteiger charge is 2.14. The standard InChI is InChI=1S/C13H19N5S/c1-9-7-12(16-13(15-9)17-14)18(3)10(2)8-11-5-4-6-19-11/h4-7,10H,8,14H2,1-3H3,(H,15,16,17). The Morgan fingerprint density at radius 1 is 1.47 bits per heavy atom. The summed E-state index contributed by atoms with van der Waals surface area (Å²) in [5.41, 5.74) is 3.40. The van der Waals surface area contributed by atoms with Crippen LogP contribution in [0.15, 0.2) is 23.6 Å². The van der Waals surface area contributed by atoms with Gasteiger partial charge in [0.15, 0.2) is 0 Å². The van der Waals surface area contributed by atoms with Gasteiger partial charge in [0, 0.05) is 36.1 Å². The van der Waals surface area contributed by atoms with E-state index in [1.807, 2.05) is 20.0 Å². The smallest absolute Gasteiger partial charge is 0.239 e. The topological polar surface area (TPSA) is 67.1 Å². The number of hydrogen-bond donors (Lipinski definition) is 2. The number of hydrogen-bond acceptors (Lipinski definition) is 6. The molecule has 6 heteroatoms. The normalized spacial score (nSPS) is 12.2. The number of anilines is 2. The first-order chi connectivity index (χ1) is 9.10. The number of hydrazine groups is 1. The molecule has 3 N–H and O–H groups in total. The van der Waals surface area contributed by atoms with Crippen molar-refractivity contribution in [3.63, 3.8) is 0 Å². The van der Waals surface area contributed by atoms with Gasteiger partial charge in [-0.1, -0.05) is 6.07 Å². The third kappa shape index (κ3) is 3.42. The SMILES string of the molecule is Cc1cc(N(C)C(C)Cc2cccs2)nc(NN)n1. The van der Waals surface area contributed by atoms with E-state index in [2.05, 4.69) is 44.7 Å². The summed E-state index contributed by atoms with van der Waals surface area (Å²) in [6, 6.07) is 6.57. The second kappa shape index (κ2) is 5.99. The van der Waals surface area contributed by atoms with E-state index < -0.39 is 0 Å². The lowest BCUT2D eigenvalue weighted by atomic mass is 10.2. The molecule has 5 nitrogen and oxygen atoms in total. The highest BCUT2D eigenvalue weighted by Crippen LogP contribution is 2.19. The van der Waals surface area contributed by atoms with Gasteiger partial charge in [0.25, 0.3) is 0 Å². The number of aryl methyl sites for hydroxylation is 1. The van der Waals surface area contributed by atoms with Crippen LogP contribution in [0.25, 0.3) is 0 Å². The van der Waals surface area contributed by atoms with Crippen LogP contribution in [-0.4, -0.2) is 23.1 Å². The second-order valence-corrected chi connectivity index (χ2v) is 5.61. The molecule has 102 valence electrons. The van der Waals surface area contributed by atoms with Crippen molar-refractivity contribution in [3.8, 4) is 0 Å². The quantitative estimate of drug-likeness (QED) is 0.648. The van der Waals surface area contributed by atoms with Crippen LogP contribution in [0.2, 0.25) is 0 Å². The van der Waals surface area contributed by atoms with Gasteiger partial charge >= 0.3 is 0 Å². The fourth-order valence-corrected chi connectivity index (χ4v) is 2.71. The molecule has 19 heavy (non-hydrogen) atoms. The molecule has 0 bridgehead atoms. The Bertz CT molecular complexity index is 526. The van der Waals surface area contributed by atoms with E-state index in [1.165, 1.54) is 4.88 Å². The van der Waals surface area contributed by atoms with Crippen molar-refractivity contribution in [2.24, 2.45) is 5.84 Å². The molecule has 0 aliphatic heterocycles. The molecule has 2 aromatic rings. The van der Waals surface area contributed by atoms with Crippen LogP contribution >= 0.6 is 11.3 Å². The predicted octanol–water partition coefficient (Wildman–Crippen LogP) is 2.20. The summed E-state index contributed by atoms with van der Waals surface area (Å²) in [5, 5.41) is 2.10. The minimum atomic E-state index is 0.360. The van der Waals surface area contributed by atoms with E-state index >= 15 is 0 Å². The number of thiophene rings is 1. The molecule has 0 saturated heterocycles. The Labute approximate surface area is 117 Å². The van der Waals surface area contributed by atoms with Crippen LogP contribution in [0.1, 0.15) is 17.5 Å². The molecule has 0 aromatic carbocycles. The lowest BCUT2D eigenvalue weighted by molar-refractivity contribution is 0.679. The van der Waals surface area contributed by atoms with Crippen molar-refractivity contribution < 1.29 is 0 Å². The zero-order valence-electron chi connectivity index (χ0n) is 11.4. The molecule has 0 aliphatic carbocycles. The molecule has 0 spiro atoms. The minimum Gasteiger partial charge on any atom is -0.356 e. The van der Waals surface area contributed by atoms with Crippen molar-refractivity contribution in [3.05, 3.63) is 34.2 Å². The summed E-state index contributed by atoms with van der Waals surface area (Å²) in [5.74, 6) is 6.71. The van der Waals surface area contributed by atoms with Crippen LogP contribution in [0.5, 0.6) is 0 Å². The second-order valence-electron chi connectivity index (χ2n) is 4.58. The van der Waals surface area contributed by atoms with Crippen molar-refractivity contribution in [2.45, 2.75) is 26.3 Å². The Hall–Kier alpha value is -1.66. The zero-order chi connectivity index (χ0) is 13.8. The third-order valence-electron chi connectivity index (χ3n) is 3.07. The van der Waals surface area contributed by atoms with E-state index in [0.29, 0.717) is 12.0 Å². The first kappa shape index (κ1) is 13.8.